The van der Waals surface area contributed by atoms with Crippen LogP contribution in [0.4, 0.5) is 11.4 Å². The van der Waals surface area contributed by atoms with E-state index in [1.54, 1.807) is 30.3 Å². The van der Waals surface area contributed by atoms with E-state index in [-0.39, 0.29) is 4.90 Å². The Labute approximate surface area is 170 Å². The summed E-state index contributed by atoms with van der Waals surface area (Å²) in [6.07, 6.45) is 2.74. The third-order valence-electron chi connectivity index (χ3n) is 4.17. The number of ether oxygens (including phenoxy) is 1. The quantitative estimate of drug-likeness (QED) is 0.645. The summed E-state index contributed by atoms with van der Waals surface area (Å²) in [4.78, 5) is 16.5. The van der Waals surface area contributed by atoms with E-state index in [9.17, 15) is 13.2 Å². The highest BCUT2D eigenvalue weighted by atomic mass is 32.2. The fraction of sp³-hybridized carbons (Fsp3) is 0.143. The lowest BCUT2D eigenvalue weighted by Crippen LogP contribution is -2.38. The number of aromatic nitrogens is 1. The van der Waals surface area contributed by atoms with Crippen molar-refractivity contribution in [1.29, 1.82) is 0 Å². The monoisotopic (exact) mass is 411 g/mol. The highest BCUT2D eigenvalue weighted by Gasteiger charge is 2.27. The number of hydrogen-bond donors (Lipinski definition) is 1. The number of nitrogens with one attached hydrogen (secondary N) is 1. The minimum absolute atomic E-state index is 0.000765. The zero-order chi connectivity index (χ0) is 20.9. The third kappa shape index (κ3) is 4.91. The molecule has 0 aliphatic carbocycles. The predicted molar refractivity (Wildman–Crippen MR) is 112 cm³/mol. The fourth-order valence-corrected chi connectivity index (χ4v) is 4.13. The molecule has 1 aromatic heterocycles. The number of anilines is 2. The molecule has 0 atom stereocenters. The van der Waals surface area contributed by atoms with Crippen molar-refractivity contribution in [1.82, 2.24) is 4.98 Å². The molecule has 0 saturated carbocycles. The zero-order valence-corrected chi connectivity index (χ0v) is 16.9. The standard InChI is InChI=1S/C21H21N3O4S/c1-16-5-3-6-17(13-16)23-21(25)15-24(18-8-10-19(28-2)11-9-18)29(26,27)20-7-4-12-22-14-20/h3-14H,15H2,1-2H3,(H,23,25). The van der Waals surface area contributed by atoms with E-state index in [2.05, 4.69) is 10.3 Å². The number of carbonyl (C=O) groups excluding carboxylic acids is 1. The van der Waals surface area contributed by atoms with Crippen molar-refractivity contribution < 1.29 is 17.9 Å². The number of rotatable bonds is 7. The number of nitrogens with zero attached hydrogens (tertiary/aromatic N) is 2. The van der Waals surface area contributed by atoms with Gasteiger partial charge in [-0.2, -0.15) is 0 Å². The summed E-state index contributed by atoms with van der Waals surface area (Å²) < 4.78 is 32.6. The Hall–Kier alpha value is -3.39. The normalized spacial score (nSPS) is 11.0. The molecule has 0 fully saturated rings. The molecule has 0 bridgehead atoms. The molecule has 0 unspecified atom stereocenters. The predicted octanol–water partition coefficient (Wildman–Crippen LogP) is 3.23. The van der Waals surface area contributed by atoms with Gasteiger partial charge >= 0.3 is 0 Å². The number of methoxy groups -OCH3 is 1. The van der Waals surface area contributed by atoms with E-state index < -0.39 is 22.5 Å². The molecule has 29 heavy (non-hydrogen) atoms. The van der Waals surface area contributed by atoms with Crippen molar-refractivity contribution in [3.05, 3.63) is 78.6 Å². The lowest BCUT2D eigenvalue weighted by atomic mass is 10.2. The first-order valence-corrected chi connectivity index (χ1v) is 10.3. The van der Waals surface area contributed by atoms with Gasteiger partial charge < -0.3 is 10.1 Å². The summed E-state index contributed by atoms with van der Waals surface area (Å²) in [5.74, 6) is 0.121. The molecule has 0 saturated heterocycles. The van der Waals surface area contributed by atoms with E-state index in [4.69, 9.17) is 4.74 Å². The second-order valence-corrected chi connectivity index (χ2v) is 8.18. The summed E-state index contributed by atoms with van der Waals surface area (Å²) in [7, 11) is -2.48. The third-order valence-corrected chi connectivity index (χ3v) is 5.93. The van der Waals surface area contributed by atoms with Crippen LogP contribution in [0.2, 0.25) is 0 Å². The van der Waals surface area contributed by atoms with Gasteiger partial charge in [0, 0.05) is 18.1 Å². The lowest BCUT2D eigenvalue weighted by molar-refractivity contribution is -0.114. The molecule has 1 heterocycles. The van der Waals surface area contributed by atoms with Gasteiger partial charge in [0.25, 0.3) is 10.0 Å². The number of carbonyl (C=O) groups is 1. The van der Waals surface area contributed by atoms with Gasteiger partial charge in [-0.1, -0.05) is 12.1 Å². The fourth-order valence-electron chi connectivity index (χ4n) is 2.74. The SMILES string of the molecule is COc1ccc(N(CC(=O)Nc2cccc(C)c2)S(=O)(=O)c2cccnc2)cc1. The first-order valence-electron chi connectivity index (χ1n) is 8.83. The highest BCUT2D eigenvalue weighted by Crippen LogP contribution is 2.25. The average Bonchev–Trinajstić information content (AvgIpc) is 2.73. The molecule has 3 aromatic rings. The Morgan fingerprint density at radius 2 is 1.86 bits per heavy atom. The van der Waals surface area contributed by atoms with E-state index in [0.29, 0.717) is 17.1 Å². The number of benzene rings is 2. The number of aryl methyl sites for hydroxylation is 1. The van der Waals surface area contributed by atoms with Crippen molar-refractivity contribution in [2.45, 2.75) is 11.8 Å². The summed E-state index contributed by atoms with van der Waals surface area (Å²) in [6.45, 7) is 1.52. The molecule has 3 rings (SSSR count). The van der Waals surface area contributed by atoms with Crippen molar-refractivity contribution in [3.63, 3.8) is 0 Å². The Kier molecular flexibility index (Phi) is 6.13. The minimum atomic E-state index is -4.00. The molecular formula is C21H21N3O4S. The van der Waals surface area contributed by atoms with Gasteiger partial charge in [-0.25, -0.2) is 8.42 Å². The number of pyridine rings is 1. The van der Waals surface area contributed by atoms with Crippen LogP contribution in [0.1, 0.15) is 5.56 Å². The van der Waals surface area contributed by atoms with Crippen molar-refractivity contribution in [3.8, 4) is 5.75 Å². The van der Waals surface area contributed by atoms with Gasteiger partial charge in [0.05, 0.1) is 12.8 Å². The van der Waals surface area contributed by atoms with Crippen LogP contribution in [0, 0.1) is 6.92 Å². The highest BCUT2D eigenvalue weighted by molar-refractivity contribution is 7.92. The van der Waals surface area contributed by atoms with Gasteiger partial charge in [-0.3, -0.25) is 14.1 Å². The second-order valence-electron chi connectivity index (χ2n) is 6.32. The van der Waals surface area contributed by atoms with Crippen molar-refractivity contribution in [2.24, 2.45) is 0 Å². The van der Waals surface area contributed by atoms with E-state index in [1.807, 2.05) is 25.1 Å². The Balaban J connectivity index is 1.93. The zero-order valence-electron chi connectivity index (χ0n) is 16.1. The Morgan fingerprint density at radius 3 is 2.48 bits per heavy atom. The topological polar surface area (TPSA) is 88.6 Å². The van der Waals surface area contributed by atoms with Crippen LogP contribution < -0.4 is 14.4 Å². The van der Waals surface area contributed by atoms with Crippen LogP contribution in [0.25, 0.3) is 0 Å². The van der Waals surface area contributed by atoms with Gasteiger partial charge in [-0.05, 0) is 61.0 Å². The maximum absolute atomic E-state index is 13.2. The van der Waals surface area contributed by atoms with Crippen molar-refractivity contribution >= 4 is 27.3 Å². The first-order chi connectivity index (χ1) is 13.9. The number of amides is 1. The van der Waals surface area contributed by atoms with Crippen molar-refractivity contribution in [2.75, 3.05) is 23.3 Å². The molecule has 0 aliphatic rings. The van der Waals surface area contributed by atoms with E-state index in [1.165, 1.54) is 31.6 Å². The van der Waals surface area contributed by atoms with Crippen LogP contribution in [0.3, 0.4) is 0 Å². The average molecular weight is 411 g/mol. The largest absolute Gasteiger partial charge is 0.497 e. The maximum Gasteiger partial charge on any atom is 0.266 e. The first kappa shape index (κ1) is 20.3. The Morgan fingerprint density at radius 1 is 1.10 bits per heavy atom. The molecule has 150 valence electrons. The van der Waals surface area contributed by atoms with Crippen LogP contribution in [0.15, 0.2) is 78.0 Å². The molecule has 7 nitrogen and oxygen atoms in total. The number of hydrogen-bond acceptors (Lipinski definition) is 5. The minimum Gasteiger partial charge on any atom is -0.497 e. The summed E-state index contributed by atoms with van der Waals surface area (Å²) in [5.41, 5.74) is 1.93. The van der Waals surface area contributed by atoms with Gasteiger partial charge in [0.2, 0.25) is 5.91 Å². The lowest BCUT2D eigenvalue weighted by Gasteiger charge is -2.24. The van der Waals surface area contributed by atoms with Crippen LogP contribution in [0.5, 0.6) is 5.75 Å². The van der Waals surface area contributed by atoms with Gasteiger partial charge in [-0.15, -0.1) is 0 Å². The molecule has 2 aromatic carbocycles. The molecule has 1 N–H and O–H groups in total. The second kappa shape index (κ2) is 8.74. The smallest absolute Gasteiger partial charge is 0.266 e. The molecule has 8 heteroatoms. The molecule has 0 radical (unpaired) electrons. The van der Waals surface area contributed by atoms with E-state index >= 15 is 0 Å². The summed E-state index contributed by atoms with van der Waals surface area (Å²) >= 11 is 0. The maximum atomic E-state index is 13.2. The van der Waals surface area contributed by atoms with Gasteiger partial charge in [0.1, 0.15) is 17.2 Å². The summed E-state index contributed by atoms with van der Waals surface area (Å²) in [5, 5.41) is 2.74. The number of sulfonamides is 1. The van der Waals surface area contributed by atoms with E-state index in [0.717, 1.165) is 9.87 Å². The van der Waals surface area contributed by atoms with Crippen LogP contribution in [-0.2, 0) is 14.8 Å². The Bertz CT molecular complexity index is 1080. The molecular weight excluding hydrogens is 390 g/mol. The van der Waals surface area contributed by atoms with Crippen LogP contribution in [-0.4, -0.2) is 33.0 Å². The van der Waals surface area contributed by atoms with Gasteiger partial charge in [0.15, 0.2) is 0 Å². The summed E-state index contributed by atoms with van der Waals surface area (Å²) in [6, 6.07) is 16.7. The van der Waals surface area contributed by atoms with Crippen LogP contribution >= 0.6 is 0 Å². The molecule has 1 amide bonds. The molecule has 0 spiro atoms. The molecule has 0 aliphatic heterocycles.